The first-order chi connectivity index (χ1) is 14.6. The van der Waals surface area contributed by atoms with Crippen LogP contribution in [0.15, 0.2) is 36.4 Å². The molecule has 0 spiro atoms. The smallest absolute Gasteiger partial charge is 0.351 e. The van der Waals surface area contributed by atoms with E-state index in [1.807, 2.05) is 0 Å². The number of hydrogen-bond acceptors (Lipinski definition) is 3. The third kappa shape index (κ3) is 6.06. The summed E-state index contributed by atoms with van der Waals surface area (Å²) in [6.45, 7) is 1.30. The Kier molecular flexibility index (Phi) is 7.35. The van der Waals surface area contributed by atoms with E-state index in [0.717, 1.165) is 49.1 Å². The molecule has 0 unspecified atom stereocenters. The van der Waals surface area contributed by atoms with Gasteiger partial charge in [0.2, 0.25) is 5.91 Å². The molecule has 2 aromatic rings. The summed E-state index contributed by atoms with van der Waals surface area (Å²) in [6.07, 6.45) is -0.706. The van der Waals surface area contributed by atoms with E-state index >= 15 is 0 Å². The number of hydrogen-bond donors (Lipinski definition) is 1. The third-order valence-electron chi connectivity index (χ3n) is 5.31. The molecule has 1 N–H and O–H groups in total. The molecule has 2 amide bonds. The number of benzene rings is 1. The number of carbonyl (C=O) groups is 2. The maximum Gasteiger partial charge on any atom is 0.471 e. The summed E-state index contributed by atoms with van der Waals surface area (Å²) in [5.74, 6) is -3.28. The highest BCUT2D eigenvalue weighted by molar-refractivity contribution is 7.12. The summed E-state index contributed by atoms with van der Waals surface area (Å²) < 4.78 is 53.7. The van der Waals surface area contributed by atoms with E-state index in [9.17, 15) is 27.2 Å². The van der Waals surface area contributed by atoms with Crippen molar-refractivity contribution < 1.29 is 27.2 Å². The molecule has 168 valence electrons. The zero-order valence-corrected chi connectivity index (χ0v) is 17.9. The third-order valence-corrected chi connectivity index (χ3v) is 6.36. The lowest BCUT2D eigenvalue weighted by Crippen LogP contribution is -2.49. The van der Waals surface area contributed by atoms with Crippen LogP contribution in [0, 0.1) is 12.7 Å². The van der Waals surface area contributed by atoms with Gasteiger partial charge in [-0.15, -0.1) is 11.3 Å². The standard InChI is InChI=1S/C22H24F4N2O2S/c1-14-7-12-18(31-14)19(20(29)27-17-5-3-2-4-6-17)28(21(30)22(24,25)26)13-15-8-10-16(23)11-9-15/h7-12,17,19H,2-6,13H2,1H3,(H,27,29)/t19-/m1/s1. The van der Waals surface area contributed by atoms with Crippen LogP contribution in [-0.4, -0.2) is 28.9 Å². The minimum Gasteiger partial charge on any atom is -0.351 e. The number of amides is 2. The molecule has 1 atom stereocenters. The van der Waals surface area contributed by atoms with Crippen LogP contribution in [0.1, 0.15) is 53.5 Å². The average molecular weight is 457 g/mol. The van der Waals surface area contributed by atoms with E-state index in [-0.39, 0.29) is 6.04 Å². The van der Waals surface area contributed by atoms with Crippen molar-refractivity contribution >= 4 is 23.2 Å². The lowest BCUT2D eigenvalue weighted by molar-refractivity contribution is -0.189. The van der Waals surface area contributed by atoms with Gasteiger partial charge < -0.3 is 10.2 Å². The fourth-order valence-electron chi connectivity index (χ4n) is 3.78. The Hall–Kier alpha value is -2.42. The van der Waals surface area contributed by atoms with Crippen molar-refractivity contribution in [2.24, 2.45) is 0 Å². The van der Waals surface area contributed by atoms with Crippen LogP contribution in [-0.2, 0) is 16.1 Å². The molecular weight excluding hydrogens is 432 g/mol. The maximum atomic E-state index is 13.5. The van der Waals surface area contributed by atoms with Crippen molar-refractivity contribution in [1.29, 1.82) is 0 Å². The summed E-state index contributed by atoms with van der Waals surface area (Å²) in [4.78, 5) is 27.3. The van der Waals surface area contributed by atoms with Gasteiger partial charge in [-0.05, 0) is 49.6 Å². The minimum absolute atomic E-state index is 0.126. The topological polar surface area (TPSA) is 49.4 Å². The van der Waals surface area contributed by atoms with Crippen molar-refractivity contribution in [3.05, 3.63) is 57.5 Å². The SMILES string of the molecule is Cc1ccc([C@H](C(=O)NC2CCCCC2)N(Cc2ccc(F)cc2)C(=O)C(F)(F)F)s1. The summed E-state index contributed by atoms with van der Waals surface area (Å²) in [5.41, 5.74) is 0.294. The Morgan fingerprint density at radius 1 is 1.10 bits per heavy atom. The summed E-state index contributed by atoms with van der Waals surface area (Å²) in [6, 6.07) is 6.55. The zero-order valence-electron chi connectivity index (χ0n) is 17.0. The number of rotatable bonds is 6. The summed E-state index contributed by atoms with van der Waals surface area (Å²) in [5, 5.41) is 2.85. The zero-order chi connectivity index (χ0) is 22.6. The van der Waals surface area contributed by atoms with Gasteiger partial charge in [-0.25, -0.2) is 4.39 Å². The molecule has 31 heavy (non-hydrogen) atoms. The first-order valence-corrected chi connectivity index (χ1v) is 11.0. The van der Waals surface area contributed by atoms with Gasteiger partial charge in [-0.2, -0.15) is 13.2 Å². The van der Waals surface area contributed by atoms with Gasteiger partial charge in [0, 0.05) is 22.3 Å². The van der Waals surface area contributed by atoms with E-state index in [2.05, 4.69) is 5.32 Å². The fourth-order valence-corrected chi connectivity index (χ4v) is 4.77. The van der Waals surface area contributed by atoms with E-state index in [4.69, 9.17) is 0 Å². The fraction of sp³-hybridized carbons (Fsp3) is 0.455. The van der Waals surface area contributed by atoms with Gasteiger partial charge in [0.05, 0.1) is 0 Å². The van der Waals surface area contributed by atoms with Crippen molar-refractivity contribution in [2.45, 2.75) is 63.8 Å². The van der Waals surface area contributed by atoms with Crippen LogP contribution in [0.5, 0.6) is 0 Å². The van der Waals surface area contributed by atoms with Crippen molar-refractivity contribution in [3.8, 4) is 0 Å². The molecule has 1 fully saturated rings. The Morgan fingerprint density at radius 2 is 1.74 bits per heavy atom. The van der Waals surface area contributed by atoms with Gasteiger partial charge in [-0.1, -0.05) is 31.4 Å². The van der Waals surface area contributed by atoms with Crippen LogP contribution in [0.25, 0.3) is 0 Å². The van der Waals surface area contributed by atoms with Gasteiger partial charge in [0.15, 0.2) is 0 Å². The van der Waals surface area contributed by atoms with Crippen molar-refractivity contribution in [1.82, 2.24) is 10.2 Å². The Morgan fingerprint density at radius 3 is 2.29 bits per heavy atom. The molecule has 4 nitrogen and oxygen atoms in total. The molecular formula is C22H24F4N2O2S. The molecule has 0 aliphatic heterocycles. The van der Waals surface area contributed by atoms with Crippen LogP contribution < -0.4 is 5.32 Å². The molecule has 1 aromatic heterocycles. The number of alkyl halides is 3. The lowest BCUT2D eigenvalue weighted by Gasteiger charge is -2.33. The monoisotopic (exact) mass is 456 g/mol. The highest BCUT2D eigenvalue weighted by Crippen LogP contribution is 2.33. The van der Waals surface area contributed by atoms with Crippen LogP contribution in [0.3, 0.4) is 0 Å². The number of aryl methyl sites for hydroxylation is 1. The molecule has 1 saturated carbocycles. The van der Waals surface area contributed by atoms with E-state index in [1.165, 1.54) is 23.5 Å². The number of thiophene rings is 1. The predicted octanol–water partition coefficient (Wildman–Crippen LogP) is 5.28. The molecule has 0 saturated heterocycles. The van der Waals surface area contributed by atoms with E-state index in [0.29, 0.717) is 15.3 Å². The first kappa shape index (κ1) is 23.2. The quantitative estimate of drug-likeness (QED) is 0.602. The van der Waals surface area contributed by atoms with Crippen molar-refractivity contribution in [2.75, 3.05) is 0 Å². The van der Waals surface area contributed by atoms with Crippen LogP contribution >= 0.6 is 11.3 Å². The number of nitrogens with zero attached hydrogens (tertiary/aromatic N) is 1. The normalized spacial score (nSPS) is 16.0. The molecule has 0 radical (unpaired) electrons. The molecule has 9 heteroatoms. The summed E-state index contributed by atoms with van der Waals surface area (Å²) in [7, 11) is 0. The second-order valence-electron chi connectivity index (χ2n) is 7.75. The van der Waals surface area contributed by atoms with Gasteiger partial charge in [0.25, 0.3) is 0 Å². The lowest BCUT2D eigenvalue weighted by atomic mass is 9.95. The largest absolute Gasteiger partial charge is 0.471 e. The molecule has 1 heterocycles. The molecule has 0 bridgehead atoms. The van der Waals surface area contributed by atoms with E-state index in [1.54, 1.807) is 19.1 Å². The Balaban J connectivity index is 1.97. The van der Waals surface area contributed by atoms with Crippen molar-refractivity contribution in [3.63, 3.8) is 0 Å². The van der Waals surface area contributed by atoms with Gasteiger partial charge in [0.1, 0.15) is 11.9 Å². The van der Waals surface area contributed by atoms with E-state index < -0.39 is 36.4 Å². The average Bonchev–Trinajstić information content (AvgIpc) is 3.14. The number of halogens is 4. The molecule has 1 aliphatic rings. The molecule has 1 aromatic carbocycles. The first-order valence-electron chi connectivity index (χ1n) is 10.1. The second kappa shape index (κ2) is 9.80. The number of nitrogens with one attached hydrogen (secondary N) is 1. The highest BCUT2D eigenvalue weighted by Gasteiger charge is 2.47. The predicted molar refractivity (Wildman–Crippen MR) is 110 cm³/mol. The van der Waals surface area contributed by atoms with Gasteiger partial charge >= 0.3 is 12.1 Å². The Labute approximate surface area is 182 Å². The maximum absolute atomic E-state index is 13.5. The number of carbonyl (C=O) groups excluding carboxylic acids is 2. The van der Waals surface area contributed by atoms with Crippen LogP contribution in [0.2, 0.25) is 0 Å². The van der Waals surface area contributed by atoms with Crippen LogP contribution in [0.4, 0.5) is 17.6 Å². The molecule has 1 aliphatic carbocycles. The highest BCUT2D eigenvalue weighted by atomic mass is 32.1. The summed E-state index contributed by atoms with van der Waals surface area (Å²) >= 11 is 1.17. The van der Waals surface area contributed by atoms with Gasteiger partial charge in [-0.3, -0.25) is 9.59 Å². The second-order valence-corrected chi connectivity index (χ2v) is 9.07. The molecule has 3 rings (SSSR count). The Bertz CT molecular complexity index is 905. The minimum atomic E-state index is -5.16.